The number of esters is 1. The number of aliphatic carboxylic acids is 1. The summed E-state index contributed by atoms with van der Waals surface area (Å²) in [5.74, 6) is -3.00. The van der Waals surface area contributed by atoms with Gasteiger partial charge in [0.05, 0.1) is 24.9 Å². The minimum Gasteiger partial charge on any atom is -0.481 e. The SMILES string of the molecule is COC(=O)CS(=O)(=O)N(CCC(=O)O)c1ccccc1N. The summed E-state index contributed by atoms with van der Waals surface area (Å²) in [6, 6.07) is 6.09. The monoisotopic (exact) mass is 316 g/mol. The maximum absolute atomic E-state index is 12.2. The van der Waals surface area contributed by atoms with Crippen molar-refractivity contribution in [2.24, 2.45) is 0 Å². The first-order valence-electron chi connectivity index (χ1n) is 5.91. The Balaban J connectivity index is 3.16. The van der Waals surface area contributed by atoms with Gasteiger partial charge < -0.3 is 15.6 Å². The number of nitrogens with zero attached hydrogens (tertiary/aromatic N) is 1. The number of anilines is 2. The van der Waals surface area contributed by atoms with Gasteiger partial charge in [-0.25, -0.2) is 8.42 Å². The van der Waals surface area contributed by atoms with Gasteiger partial charge in [-0.2, -0.15) is 0 Å². The topological polar surface area (TPSA) is 127 Å². The molecule has 0 bridgehead atoms. The van der Waals surface area contributed by atoms with Crippen molar-refractivity contribution < 1.29 is 27.9 Å². The van der Waals surface area contributed by atoms with Crippen molar-refractivity contribution >= 4 is 33.3 Å². The Morgan fingerprint density at radius 3 is 2.48 bits per heavy atom. The predicted molar refractivity (Wildman–Crippen MR) is 76.3 cm³/mol. The van der Waals surface area contributed by atoms with E-state index in [0.717, 1.165) is 11.4 Å². The first-order valence-corrected chi connectivity index (χ1v) is 7.52. The fourth-order valence-electron chi connectivity index (χ4n) is 1.61. The summed E-state index contributed by atoms with van der Waals surface area (Å²) < 4.78 is 29.6. The Kier molecular flexibility index (Phi) is 5.53. The van der Waals surface area contributed by atoms with Gasteiger partial charge in [0.15, 0.2) is 5.75 Å². The fraction of sp³-hybridized carbons (Fsp3) is 0.333. The van der Waals surface area contributed by atoms with Crippen LogP contribution in [-0.2, 0) is 24.3 Å². The molecular formula is C12H16N2O6S. The molecule has 1 rings (SSSR count). The van der Waals surface area contributed by atoms with Crippen LogP contribution in [0.15, 0.2) is 24.3 Å². The second-order valence-corrected chi connectivity index (χ2v) is 6.00. The standard InChI is InChI=1S/C12H16N2O6S/c1-20-12(17)8-21(18,19)14(7-6-11(15)16)10-5-3-2-4-9(10)13/h2-5H,6-8,13H2,1H3,(H,15,16). The molecular weight excluding hydrogens is 300 g/mol. The van der Waals surface area contributed by atoms with Crippen LogP contribution in [-0.4, -0.2) is 44.9 Å². The number of nitrogen functional groups attached to an aromatic ring is 1. The van der Waals surface area contributed by atoms with Crippen LogP contribution in [0.3, 0.4) is 0 Å². The van der Waals surface area contributed by atoms with Crippen molar-refractivity contribution in [3.63, 3.8) is 0 Å². The number of rotatable bonds is 7. The van der Waals surface area contributed by atoms with Crippen LogP contribution in [0.1, 0.15) is 6.42 Å². The first-order chi connectivity index (χ1) is 9.77. The van der Waals surface area contributed by atoms with E-state index < -0.39 is 34.1 Å². The maximum Gasteiger partial charge on any atom is 0.322 e. The van der Waals surface area contributed by atoms with Gasteiger partial charge in [-0.15, -0.1) is 0 Å². The van der Waals surface area contributed by atoms with E-state index in [1.807, 2.05) is 0 Å². The van der Waals surface area contributed by atoms with Crippen LogP contribution < -0.4 is 10.0 Å². The highest BCUT2D eigenvalue weighted by molar-refractivity contribution is 7.93. The average molecular weight is 316 g/mol. The van der Waals surface area contributed by atoms with Crippen molar-refractivity contribution in [1.82, 2.24) is 0 Å². The summed E-state index contributed by atoms with van der Waals surface area (Å²) in [7, 11) is -3.02. The van der Waals surface area contributed by atoms with E-state index >= 15 is 0 Å². The highest BCUT2D eigenvalue weighted by atomic mass is 32.2. The van der Waals surface area contributed by atoms with Crippen molar-refractivity contribution in [2.75, 3.05) is 29.4 Å². The van der Waals surface area contributed by atoms with Gasteiger partial charge in [0.1, 0.15) is 0 Å². The molecule has 8 nitrogen and oxygen atoms in total. The molecule has 0 aliphatic carbocycles. The van der Waals surface area contributed by atoms with E-state index in [2.05, 4.69) is 4.74 Å². The molecule has 3 N–H and O–H groups in total. The number of methoxy groups -OCH3 is 1. The Bertz CT molecular complexity index is 628. The molecule has 0 fully saturated rings. The number of carbonyl (C=O) groups excluding carboxylic acids is 1. The summed E-state index contributed by atoms with van der Waals surface area (Å²) in [4.78, 5) is 21.9. The summed E-state index contributed by atoms with van der Waals surface area (Å²) in [5.41, 5.74) is 6.01. The molecule has 116 valence electrons. The normalized spacial score (nSPS) is 10.9. The Labute approximate surface area is 122 Å². The molecule has 0 amide bonds. The zero-order chi connectivity index (χ0) is 16.0. The van der Waals surface area contributed by atoms with E-state index in [9.17, 15) is 18.0 Å². The first kappa shape index (κ1) is 16.8. The Morgan fingerprint density at radius 1 is 1.33 bits per heavy atom. The second-order valence-electron chi connectivity index (χ2n) is 4.11. The minimum absolute atomic E-state index is 0.127. The van der Waals surface area contributed by atoms with Crippen molar-refractivity contribution in [2.45, 2.75) is 6.42 Å². The number of carboxylic acids is 1. The van der Waals surface area contributed by atoms with Crippen LogP contribution >= 0.6 is 0 Å². The molecule has 0 saturated carbocycles. The van der Waals surface area contributed by atoms with Crippen LogP contribution in [0.2, 0.25) is 0 Å². The summed E-state index contributed by atoms with van der Waals surface area (Å²) in [5, 5.41) is 8.73. The van der Waals surface area contributed by atoms with E-state index in [1.165, 1.54) is 12.1 Å². The third-order valence-electron chi connectivity index (χ3n) is 2.60. The van der Waals surface area contributed by atoms with E-state index in [4.69, 9.17) is 10.8 Å². The third kappa shape index (κ3) is 4.63. The van der Waals surface area contributed by atoms with Crippen molar-refractivity contribution in [3.8, 4) is 0 Å². The van der Waals surface area contributed by atoms with Gasteiger partial charge in [0.25, 0.3) is 0 Å². The van der Waals surface area contributed by atoms with E-state index in [0.29, 0.717) is 0 Å². The lowest BCUT2D eigenvalue weighted by Gasteiger charge is -2.24. The molecule has 0 spiro atoms. The zero-order valence-corrected chi connectivity index (χ0v) is 12.2. The fourth-order valence-corrected chi connectivity index (χ4v) is 3.01. The molecule has 1 aromatic carbocycles. The number of nitrogens with two attached hydrogens (primary N) is 1. The number of sulfonamides is 1. The smallest absolute Gasteiger partial charge is 0.322 e. The Hall–Kier alpha value is -2.29. The second kappa shape index (κ2) is 6.93. The van der Waals surface area contributed by atoms with Crippen molar-refractivity contribution in [3.05, 3.63) is 24.3 Å². The van der Waals surface area contributed by atoms with Crippen LogP contribution in [0, 0.1) is 0 Å². The minimum atomic E-state index is -4.09. The van der Waals surface area contributed by atoms with Crippen molar-refractivity contribution in [1.29, 1.82) is 0 Å². The highest BCUT2D eigenvalue weighted by Crippen LogP contribution is 2.25. The largest absolute Gasteiger partial charge is 0.481 e. The van der Waals surface area contributed by atoms with Gasteiger partial charge >= 0.3 is 11.9 Å². The number of hydrogen-bond donors (Lipinski definition) is 2. The molecule has 0 aromatic heterocycles. The number of hydrogen-bond acceptors (Lipinski definition) is 6. The van der Waals surface area contributed by atoms with Gasteiger partial charge in [-0.1, -0.05) is 12.1 Å². The van der Waals surface area contributed by atoms with E-state index in [-0.39, 0.29) is 17.9 Å². The molecule has 0 aliphatic heterocycles. The van der Waals surface area contributed by atoms with Gasteiger partial charge in [0, 0.05) is 6.54 Å². The average Bonchev–Trinajstić information content (AvgIpc) is 2.39. The van der Waals surface area contributed by atoms with Crippen LogP contribution in [0.5, 0.6) is 0 Å². The number of carbonyl (C=O) groups is 2. The molecule has 0 radical (unpaired) electrons. The number of benzene rings is 1. The lowest BCUT2D eigenvalue weighted by Crippen LogP contribution is -2.37. The maximum atomic E-state index is 12.2. The Morgan fingerprint density at radius 2 is 1.95 bits per heavy atom. The lowest BCUT2D eigenvalue weighted by atomic mass is 10.2. The molecule has 0 heterocycles. The molecule has 1 aromatic rings. The predicted octanol–water partition coefficient (Wildman–Crippen LogP) is 0.0527. The zero-order valence-electron chi connectivity index (χ0n) is 11.4. The lowest BCUT2D eigenvalue weighted by molar-refractivity contribution is -0.138. The highest BCUT2D eigenvalue weighted by Gasteiger charge is 2.27. The van der Waals surface area contributed by atoms with Gasteiger partial charge in [-0.05, 0) is 12.1 Å². The van der Waals surface area contributed by atoms with Gasteiger partial charge in [-0.3, -0.25) is 13.9 Å². The number of carboxylic acid groups (broad SMARTS) is 1. The van der Waals surface area contributed by atoms with Crippen LogP contribution in [0.25, 0.3) is 0 Å². The van der Waals surface area contributed by atoms with Gasteiger partial charge in [0.2, 0.25) is 10.0 Å². The van der Waals surface area contributed by atoms with Crippen LogP contribution in [0.4, 0.5) is 11.4 Å². The summed E-state index contributed by atoms with van der Waals surface area (Å²) in [6.07, 6.45) is -0.422. The number of ether oxygens (including phenoxy) is 1. The molecule has 9 heteroatoms. The summed E-state index contributed by atoms with van der Waals surface area (Å²) in [6.45, 7) is -0.330. The summed E-state index contributed by atoms with van der Waals surface area (Å²) >= 11 is 0. The molecule has 0 aliphatic rings. The molecule has 0 saturated heterocycles. The quantitative estimate of drug-likeness (QED) is 0.537. The molecule has 0 atom stereocenters. The molecule has 21 heavy (non-hydrogen) atoms. The number of para-hydroxylation sites is 2. The molecule has 0 unspecified atom stereocenters. The third-order valence-corrected chi connectivity index (χ3v) is 4.25. The van der Waals surface area contributed by atoms with E-state index in [1.54, 1.807) is 12.1 Å².